The minimum Gasteiger partial charge on any atom is -0.453 e. The Labute approximate surface area is 190 Å². The van der Waals surface area contributed by atoms with E-state index in [0.717, 1.165) is 38.9 Å². The molecule has 31 heavy (non-hydrogen) atoms. The van der Waals surface area contributed by atoms with Gasteiger partial charge in [0.2, 0.25) is 5.69 Å². The predicted octanol–water partition coefficient (Wildman–Crippen LogP) is 6.40. The van der Waals surface area contributed by atoms with Gasteiger partial charge in [0.05, 0.1) is 5.56 Å². The van der Waals surface area contributed by atoms with Crippen LogP contribution in [0.25, 0.3) is 44.5 Å². The molecular weight excluding hydrogens is 380 g/mol. The van der Waals surface area contributed by atoms with Gasteiger partial charge in [-0.3, -0.25) is 4.98 Å². The first-order valence-corrected chi connectivity index (χ1v) is 10.3. The third-order valence-electron chi connectivity index (χ3n) is 6.52. The Balaban J connectivity index is 1.69. The molecule has 3 heteroatoms. The third-order valence-corrected chi connectivity index (χ3v) is 6.52. The van der Waals surface area contributed by atoms with Gasteiger partial charge in [0.25, 0.3) is 0 Å². The summed E-state index contributed by atoms with van der Waals surface area (Å²) in [5, 5.41) is 0.818. The second-order valence-electron chi connectivity index (χ2n) is 8.55. The fourth-order valence-electron chi connectivity index (χ4n) is 4.97. The van der Waals surface area contributed by atoms with Crippen molar-refractivity contribution in [3.63, 3.8) is 0 Å². The van der Waals surface area contributed by atoms with E-state index in [2.05, 4.69) is 0 Å². The summed E-state index contributed by atoms with van der Waals surface area (Å²) in [7, 11) is 1.82. The third kappa shape index (κ3) is 2.35. The molecule has 0 radical (unpaired) electrons. The number of pyridine rings is 2. The van der Waals surface area contributed by atoms with Gasteiger partial charge in [-0.05, 0) is 48.2 Å². The van der Waals surface area contributed by atoms with Gasteiger partial charge in [-0.1, -0.05) is 44.1 Å². The summed E-state index contributed by atoms with van der Waals surface area (Å²) >= 11 is 0. The van der Waals surface area contributed by atoms with Crippen LogP contribution in [0.1, 0.15) is 44.3 Å². The molecule has 0 amide bonds. The lowest BCUT2D eigenvalue weighted by atomic mass is 9.83. The van der Waals surface area contributed by atoms with E-state index in [-0.39, 0.29) is 5.56 Å². The number of benzene rings is 2. The van der Waals surface area contributed by atoms with Gasteiger partial charge in [0.15, 0.2) is 17.4 Å². The molecule has 3 nitrogen and oxygen atoms in total. The summed E-state index contributed by atoms with van der Waals surface area (Å²) < 4.78 is 56.8. The zero-order chi connectivity index (χ0) is 26.5. The highest BCUT2D eigenvalue weighted by Crippen LogP contribution is 2.52. The molecule has 0 fully saturated rings. The van der Waals surface area contributed by atoms with Crippen LogP contribution in [0.2, 0.25) is 0 Å². The molecule has 0 spiro atoms. The Morgan fingerprint density at radius 2 is 1.87 bits per heavy atom. The fourth-order valence-corrected chi connectivity index (χ4v) is 4.97. The van der Waals surface area contributed by atoms with Crippen molar-refractivity contribution < 1.29 is 17.2 Å². The molecule has 0 aliphatic heterocycles. The zero-order valence-electron chi connectivity index (χ0n) is 23.6. The highest BCUT2D eigenvalue weighted by Gasteiger charge is 2.38. The van der Waals surface area contributed by atoms with Crippen LogP contribution in [0.3, 0.4) is 0 Å². The maximum atomic E-state index is 8.39. The normalized spacial score (nSPS) is 21.0. The van der Waals surface area contributed by atoms with E-state index in [1.807, 2.05) is 50.4 Å². The standard InChI is InChI=1S/C28H25N2O/c1-16-10-13-22(30(5)15-16)23-17(2)11-12-19-25-27(31-26(19)23)24-18-8-6-7-9-20(18)28(3,4)21(24)14-29-25/h6-15H,1-5H3/q+1/i1D3,3D3. The molecule has 1 aliphatic rings. The molecule has 0 N–H and O–H groups in total. The topological polar surface area (TPSA) is 29.9 Å². The summed E-state index contributed by atoms with van der Waals surface area (Å²) in [4.78, 5) is 4.74. The van der Waals surface area contributed by atoms with Gasteiger partial charge in [-0.25, -0.2) is 4.57 Å². The van der Waals surface area contributed by atoms with Crippen molar-refractivity contribution in [3.05, 3.63) is 83.2 Å². The molecule has 1 aliphatic carbocycles. The van der Waals surface area contributed by atoms with Crippen LogP contribution in [0, 0.1) is 13.8 Å². The molecule has 0 saturated carbocycles. The van der Waals surface area contributed by atoms with E-state index < -0.39 is 19.1 Å². The second-order valence-corrected chi connectivity index (χ2v) is 8.55. The highest BCUT2D eigenvalue weighted by molar-refractivity contribution is 6.12. The molecule has 5 aromatic rings. The SMILES string of the molecule is [2H]C([2H])([2H])c1ccc(-c2c(C)ccc3c2oc2c4c(cnc23)C(C)(C([2H])([2H])[2H])c2ccccc2-4)[n+](C)c1. The minimum absolute atomic E-state index is 0.258. The lowest BCUT2D eigenvalue weighted by molar-refractivity contribution is -0.660. The molecule has 6 rings (SSSR count). The Morgan fingerprint density at radius 3 is 2.68 bits per heavy atom. The molecular formula is C28H25N2O+. The summed E-state index contributed by atoms with van der Waals surface area (Å²) in [6, 6.07) is 15.0. The molecule has 3 aromatic heterocycles. The van der Waals surface area contributed by atoms with Crippen molar-refractivity contribution in [2.75, 3.05) is 0 Å². The molecule has 0 saturated heterocycles. The van der Waals surface area contributed by atoms with Crippen molar-refractivity contribution in [1.82, 2.24) is 4.98 Å². The van der Waals surface area contributed by atoms with E-state index in [9.17, 15) is 0 Å². The number of furan rings is 1. The van der Waals surface area contributed by atoms with E-state index in [4.69, 9.17) is 17.6 Å². The zero-order valence-corrected chi connectivity index (χ0v) is 17.6. The van der Waals surface area contributed by atoms with Crippen molar-refractivity contribution in [1.29, 1.82) is 0 Å². The van der Waals surface area contributed by atoms with Crippen LogP contribution >= 0.6 is 0 Å². The van der Waals surface area contributed by atoms with Crippen LogP contribution in [0.15, 0.2) is 65.3 Å². The molecule has 2 aromatic carbocycles. The maximum absolute atomic E-state index is 8.39. The number of aromatic nitrogens is 2. The largest absolute Gasteiger partial charge is 0.453 e. The van der Waals surface area contributed by atoms with Gasteiger partial charge in [-0.15, -0.1) is 0 Å². The number of nitrogens with zero attached hydrogens (tertiary/aromatic N) is 2. The fraction of sp³-hybridized carbons (Fsp3) is 0.214. The summed E-state index contributed by atoms with van der Waals surface area (Å²) in [6.07, 6.45) is 3.31. The average molecular weight is 412 g/mol. The highest BCUT2D eigenvalue weighted by atomic mass is 16.3. The summed E-state index contributed by atoms with van der Waals surface area (Å²) in [6.45, 7) is -0.749. The Hall–Kier alpha value is -3.46. The smallest absolute Gasteiger partial charge is 0.216 e. The van der Waals surface area contributed by atoms with E-state index >= 15 is 0 Å². The van der Waals surface area contributed by atoms with E-state index in [1.165, 1.54) is 0 Å². The van der Waals surface area contributed by atoms with Gasteiger partial charge < -0.3 is 4.42 Å². The van der Waals surface area contributed by atoms with Crippen LogP contribution in [0.4, 0.5) is 0 Å². The Bertz CT molecular complexity index is 1750. The number of hydrogen-bond acceptors (Lipinski definition) is 2. The Morgan fingerprint density at radius 1 is 1.00 bits per heavy atom. The average Bonchev–Trinajstić information content (AvgIpc) is 3.33. The number of hydrogen-bond donors (Lipinski definition) is 0. The first kappa shape index (κ1) is 13.1. The second kappa shape index (κ2) is 6.04. The number of fused-ring (bicyclic) bond motifs is 7. The van der Waals surface area contributed by atoms with Crippen LogP contribution in [-0.2, 0) is 12.5 Å². The van der Waals surface area contributed by atoms with Crippen molar-refractivity contribution in [3.8, 4) is 22.4 Å². The molecule has 3 heterocycles. The maximum Gasteiger partial charge on any atom is 0.216 e. The van der Waals surface area contributed by atoms with Crippen LogP contribution < -0.4 is 4.57 Å². The van der Waals surface area contributed by atoms with Crippen molar-refractivity contribution in [2.24, 2.45) is 7.05 Å². The predicted molar refractivity (Wildman–Crippen MR) is 125 cm³/mol. The quantitative estimate of drug-likeness (QED) is 0.299. The molecule has 1 atom stereocenters. The number of aryl methyl sites for hydroxylation is 3. The number of rotatable bonds is 1. The first-order valence-electron chi connectivity index (χ1n) is 13.3. The molecule has 0 bridgehead atoms. The lowest BCUT2D eigenvalue weighted by Gasteiger charge is -2.20. The molecule has 1 unspecified atom stereocenters. The van der Waals surface area contributed by atoms with E-state index in [1.54, 1.807) is 36.0 Å². The van der Waals surface area contributed by atoms with Gasteiger partial charge >= 0.3 is 0 Å². The first-order chi connectivity index (χ1) is 17.3. The lowest BCUT2D eigenvalue weighted by Crippen LogP contribution is -2.31. The molecule has 152 valence electrons. The van der Waals surface area contributed by atoms with Crippen molar-refractivity contribution >= 4 is 22.1 Å². The van der Waals surface area contributed by atoms with Crippen LogP contribution in [-0.4, -0.2) is 4.98 Å². The summed E-state index contributed by atoms with van der Waals surface area (Å²) in [5.74, 6) is 0. The summed E-state index contributed by atoms with van der Waals surface area (Å²) in [5.41, 5.74) is 6.49. The van der Waals surface area contributed by atoms with Crippen molar-refractivity contribution in [2.45, 2.75) is 33.0 Å². The van der Waals surface area contributed by atoms with E-state index in [0.29, 0.717) is 22.2 Å². The monoisotopic (exact) mass is 411 g/mol. The van der Waals surface area contributed by atoms with Crippen LogP contribution in [0.5, 0.6) is 0 Å². The minimum atomic E-state index is -2.28. The van der Waals surface area contributed by atoms with Gasteiger partial charge in [0.1, 0.15) is 12.6 Å². The van der Waals surface area contributed by atoms with Gasteiger partial charge in [-0.2, -0.15) is 0 Å². The Kier molecular flexibility index (Phi) is 2.54. The van der Waals surface area contributed by atoms with Gasteiger partial charge in [0, 0.05) is 42.4 Å².